The van der Waals surface area contributed by atoms with Gasteiger partial charge in [-0.2, -0.15) is 0 Å². The molecule has 0 radical (unpaired) electrons. The highest BCUT2D eigenvalue weighted by molar-refractivity contribution is 8.03. The lowest BCUT2D eigenvalue weighted by molar-refractivity contribution is -0.377. The average molecular weight is 563 g/mol. The van der Waals surface area contributed by atoms with E-state index in [1.165, 1.54) is 11.8 Å². The van der Waals surface area contributed by atoms with Gasteiger partial charge in [0.25, 0.3) is 5.91 Å². The second-order valence-corrected chi connectivity index (χ2v) is 10.8. The van der Waals surface area contributed by atoms with E-state index in [9.17, 15) is 32.1 Å². The first-order valence-corrected chi connectivity index (χ1v) is 13.5. The molecule has 1 aromatic heterocycles. The number of carbonyl (C=O) groups is 4. The maximum atomic E-state index is 12.8. The SMILES string of the molecule is NC(=O)NC1(CC(=O)N[C@@H](C(=O)NC2CN(S(=O)(=O)[O-])C2=O)c2ccccc2)CC=CS1.c1cc[nH+]cc1. The van der Waals surface area contributed by atoms with Gasteiger partial charge in [0.2, 0.25) is 11.8 Å². The van der Waals surface area contributed by atoms with Crippen LogP contribution in [0.2, 0.25) is 0 Å². The van der Waals surface area contributed by atoms with Gasteiger partial charge in [-0.25, -0.2) is 22.5 Å². The van der Waals surface area contributed by atoms with Crippen LogP contribution in [0, 0.1) is 0 Å². The Morgan fingerprint density at radius 2 is 1.82 bits per heavy atom. The molecule has 5 amide bonds. The topological polar surface area (TPSA) is 205 Å². The first-order valence-electron chi connectivity index (χ1n) is 11.2. The van der Waals surface area contributed by atoms with Gasteiger partial charge in [-0.3, -0.25) is 14.4 Å². The first kappa shape index (κ1) is 28.6. The van der Waals surface area contributed by atoms with Crippen molar-refractivity contribution in [2.75, 3.05) is 6.54 Å². The molecule has 2 aliphatic heterocycles. The number of pyridine rings is 1. The number of carbonyl (C=O) groups excluding carboxylic acids is 4. The van der Waals surface area contributed by atoms with Crippen LogP contribution in [0.4, 0.5) is 4.79 Å². The monoisotopic (exact) mass is 562 g/mol. The number of hydrogen-bond donors (Lipinski definition) is 4. The first-order chi connectivity index (χ1) is 18.0. The minimum atomic E-state index is -4.95. The zero-order valence-corrected chi connectivity index (χ0v) is 21.5. The van der Waals surface area contributed by atoms with Gasteiger partial charge in [-0.15, -0.1) is 11.8 Å². The van der Waals surface area contributed by atoms with Crippen LogP contribution in [0.15, 0.2) is 72.4 Å². The van der Waals surface area contributed by atoms with Crippen molar-refractivity contribution in [3.8, 4) is 0 Å². The highest BCUT2D eigenvalue weighted by Gasteiger charge is 2.43. The molecule has 1 fully saturated rings. The van der Waals surface area contributed by atoms with Gasteiger partial charge in [0.15, 0.2) is 22.7 Å². The maximum Gasteiger partial charge on any atom is 0.313 e. The van der Waals surface area contributed by atoms with E-state index in [1.54, 1.807) is 41.8 Å². The summed E-state index contributed by atoms with van der Waals surface area (Å²) in [6, 6.07) is 10.8. The van der Waals surface area contributed by atoms with Gasteiger partial charge in [0.1, 0.15) is 17.0 Å². The van der Waals surface area contributed by atoms with Gasteiger partial charge in [-0.1, -0.05) is 42.5 Å². The number of aromatic nitrogens is 1. The number of nitrogens with zero attached hydrogens (tertiary/aromatic N) is 1. The van der Waals surface area contributed by atoms with Gasteiger partial charge in [-0.05, 0) is 17.4 Å². The van der Waals surface area contributed by atoms with Crippen molar-refractivity contribution < 1.29 is 37.1 Å². The molecule has 2 aromatic rings. The lowest BCUT2D eigenvalue weighted by Crippen LogP contribution is -2.66. The van der Waals surface area contributed by atoms with Gasteiger partial charge < -0.3 is 26.2 Å². The second kappa shape index (κ2) is 12.5. The van der Waals surface area contributed by atoms with Crippen LogP contribution in [0.1, 0.15) is 24.4 Å². The van der Waals surface area contributed by atoms with Crippen molar-refractivity contribution in [3.05, 3.63) is 78.0 Å². The second-order valence-electron chi connectivity index (χ2n) is 8.23. The molecule has 0 aliphatic carbocycles. The van der Waals surface area contributed by atoms with Crippen molar-refractivity contribution in [1.82, 2.24) is 20.3 Å². The summed E-state index contributed by atoms with van der Waals surface area (Å²) in [4.78, 5) is 50.8. The number of rotatable bonds is 8. The molecule has 1 saturated heterocycles. The highest BCUT2D eigenvalue weighted by atomic mass is 32.2. The summed E-state index contributed by atoms with van der Waals surface area (Å²) in [7, 11) is -4.95. The van der Waals surface area contributed by atoms with Crippen molar-refractivity contribution in [2.45, 2.75) is 29.8 Å². The van der Waals surface area contributed by atoms with Crippen LogP contribution < -0.4 is 26.7 Å². The molecule has 2 unspecified atom stereocenters. The van der Waals surface area contributed by atoms with Crippen LogP contribution in [-0.2, 0) is 24.7 Å². The van der Waals surface area contributed by atoms with Crippen molar-refractivity contribution in [3.63, 3.8) is 0 Å². The lowest BCUT2D eigenvalue weighted by Gasteiger charge is -2.39. The Morgan fingerprint density at radius 1 is 1.16 bits per heavy atom. The van der Waals surface area contributed by atoms with Crippen LogP contribution >= 0.6 is 11.8 Å². The van der Waals surface area contributed by atoms with Crippen molar-refractivity contribution >= 4 is 45.8 Å². The molecule has 0 spiro atoms. The lowest BCUT2D eigenvalue weighted by atomic mass is 10.0. The Bertz CT molecular complexity index is 1260. The quantitative estimate of drug-likeness (QED) is 0.244. The predicted molar refractivity (Wildman–Crippen MR) is 135 cm³/mol. The molecule has 0 bridgehead atoms. The molecule has 0 saturated carbocycles. The summed E-state index contributed by atoms with van der Waals surface area (Å²) in [5.74, 6) is -2.38. The van der Waals surface area contributed by atoms with E-state index in [0.29, 0.717) is 12.0 Å². The molecule has 3 atom stereocenters. The number of H-pyrrole nitrogens is 1. The number of β-lactam (4-membered cyclic amide) rings is 1. The fourth-order valence-electron chi connectivity index (χ4n) is 3.65. The molecular weight excluding hydrogens is 536 g/mol. The predicted octanol–water partition coefficient (Wildman–Crippen LogP) is -0.463. The molecule has 1 aromatic carbocycles. The Balaban J connectivity index is 0.000000585. The minimum absolute atomic E-state index is 0.109. The summed E-state index contributed by atoms with van der Waals surface area (Å²) >= 11 is 1.21. The molecule has 6 N–H and O–H groups in total. The molecule has 4 rings (SSSR count). The minimum Gasteiger partial charge on any atom is -0.731 e. The summed E-state index contributed by atoms with van der Waals surface area (Å²) in [6.45, 7) is -0.486. The number of nitrogens with one attached hydrogen (secondary N) is 4. The molecular formula is C23H26N6O7S2. The maximum absolute atomic E-state index is 12.8. The number of nitrogens with two attached hydrogens (primary N) is 1. The van der Waals surface area contributed by atoms with Crippen molar-refractivity contribution in [2.24, 2.45) is 5.73 Å². The van der Waals surface area contributed by atoms with Gasteiger partial charge in [0.05, 0.1) is 13.0 Å². The van der Waals surface area contributed by atoms with E-state index in [-0.39, 0.29) is 10.7 Å². The Kier molecular flexibility index (Phi) is 9.44. The van der Waals surface area contributed by atoms with Crippen LogP contribution in [0.3, 0.4) is 0 Å². The molecule has 3 heterocycles. The van der Waals surface area contributed by atoms with Crippen LogP contribution in [0.25, 0.3) is 0 Å². The smallest absolute Gasteiger partial charge is 0.313 e. The molecule has 15 heteroatoms. The molecule has 2 aliphatic rings. The molecule has 38 heavy (non-hydrogen) atoms. The summed E-state index contributed by atoms with van der Waals surface area (Å²) in [6.07, 6.45) is 5.69. The fraction of sp³-hybridized carbons (Fsp3) is 0.261. The number of urea groups is 1. The number of primary amides is 1. The van der Waals surface area contributed by atoms with Gasteiger partial charge in [0, 0.05) is 12.1 Å². The fourth-order valence-corrected chi connectivity index (χ4v) is 5.34. The van der Waals surface area contributed by atoms with E-state index in [2.05, 4.69) is 20.9 Å². The largest absolute Gasteiger partial charge is 0.731 e. The number of aromatic amines is 1. The normalized spacial score (nSPS) is 20.8. The average Bonchev–Trinajstić information content (AvgIpc) is 3.32. The Labute approximate surface area is 223 Å². The van der Waals surface area contributed by atoms with E-state index in [1.807, 2.05) is 30.6 Å². The summed E-state index contributed by atoms with van der Waals surface area (Å²) in [5, 5.41) is 9.20. The summed E-state index contributed by atoms with van der Waals surface area (Å²) in [5.41, 5.74) is 5.63. The molecule has 202 valence electrons. The van der Waals surface area contributed by atoms with Gasteiger partial charge >= 0.3 is 6.03 Å². The Hall–Kier alpha value is -3.95. The number of hydrogen-bond acceptors (Lipinski definition) is 8. The Morgan fingerprint density at radius 3 is 2.29 bits per heavy atom. The highest BCUT2D eigenvalue weighted by Crippen LogP contribution is 2.37. The van der Waals surface area contributed by atoms with Crippen LogP contribution in [-0.4, -0.2) is 58.5 Å². The molecule has 13 nitrogen and oxygen atoms in total. The zero-order valence-electron chi connectivity index (χ0n) is 19.9. The summed E-state index contributed by atoms with van der Waals surface area (Å²) < 4.78 is 33.0. The van der Waals surface area contributed by atoms with Crippen molar-refractivity contribution in [1.29, 1.82) is 0 Å². The number of benzene rings is 1. The third-order valence-corrected chi connectivity index (χ3v) is 7.48. The third-order valence-electron chi connectivity index (χ3n) is 5.42. The standard InChI is InChI=1S/C18H21N5O7S2.C5H5N/c19-17(27)22-18(7-4-8-31-18)9-13(24)21-14(11-5-2-1-3-6-11)15(25)20-12-10-23(16(12)26)32(28,29)30;1-2-4-6-5-3-1/h1-6,8,12,14H,7,9-10H2,(H,20,25)(H,21,24)(H3,19,22,27)(H,28,29,30);1-5H/t12?,14-,18?;/m1./s1. The van der Waals surface area contributed by atoms with E-state index < -0.39 is 57.6 Å². The number of thioether (sulfide) groups is 1. The number of amides is 5. The van der Waals surface area contributed by atoms with Crippen LogP contribution in [0.5, 0.6) is 0 Å². The van der Waals surface area contributed by atoms with E-state index in [4.69, 9.17) is 5.73 Å². The zero-order chi connectivity index (χ0) is 27.8. The van der Waals surface area contributed by atoms with E-state index >= 15 is 0 Å². The van der Waals surface area contributed by atoms with E-state index in [0.717, 1.165) is 0 Å². The third kappa shape index (κ3) is 7.77.